The summed E-state index contributed by atoms with van der Waals surface area (Å²) in [6.07, 6.45) is 2.17. The SMILES string of the molecule is Cc1ccc(-c2cc(C(=O)NCc3ccccn3)nn2[C@H]2CCS(=O)(=O)C2)cc1. The molecule has 150 valence electrons. The van der Waals surface area contributed by atoms with Gasteiger partial charge in [0.25, 0.3) is 5.91 Å². The molecule has 1 aliphatic rings. The summed E-state index contributed by atoms with van der Waals surface area (Å²) >= 11 is 0. The number of sulfone groups is 1. The topological polar surface area (TPSA) is 93.9 Å². The van der Waals surface area contributed by atoms with E-state index in [0.717, 1.165) is 22.5 Å². The highest BCUT2D eigenvalue weighted by atomic mass is 32.2. The van der Waals surface area contributed by atoms with E-state index in [0.29, 0.717) is 13.0 Å². The van der Waals surface area contributed by atoms with Gasteiger partial charge in [0.2, 0.25) is 0 Å². The number of aryl methyl sites for hydroxylation is 1. The minimum absolute atomic E-state index is 0.0442. The molecule has 0 radical (unpaired) electrons. The van der Waals surface area contributed by atoms with Crippen LogP contribution < -0.4 is 5.32 Å². The van der Waals surface area contributed by atoms with E-state index in [4.69, 9.17) is 0 Å². The molecule has 0 spiro atoms. The number of benzene rings is 1. The van der Waals surface area contributed by atoms with Gasteiger partial charge in [-0.25, -0.2) is 8.42 Å². The molecule has 0 unspecified atom stereocenters. The van der Waals surface area contributed by atoms with Gasteiger partial charge in [-0.2, -0.15) is 5.10 Å². The van der Waals surface area contributed by atoms with Crippen LogP contribution in [0.5, 0.6) is 0 Å². The predicted molar refractivity (Wildman–Crippen MR) is 110 cm³/mol. The summed E-state index contributed by atoms with van der Waals surface area (Å²) in [4.78, 5) is 16.9. The molecule has 2 aromatic heterocycles. The molecule has 1 fully saturated rings. The monoisotopic (exact) mass is 410 g/mol. The minimum atomic E-state index is -3.08. The van der Waals surface area contributed by atoms with Crippen LogP contribution in [0.1, 0.15) is 34.2 Å². The number of aromatic nitrogens is 3. The standard InChI is InChI=1S/C21H22N4O3S/c1-15-5-7-16(8-6-15)20-12-19(21(26)23-13-17-4-2-3-10-22-17)24-25(20)18-9-11-29(27,28)14-18/h2-8,10,12,18H,9,11,13-14H2,1H3,(H,23,26)/t18-/m0/s1. The van der Waals surface area contributed by atoms with Crippen LogP contribution in [0.15, 0.2) is 54.7 Å². The maximum Gasteiger partial charge on any atom is 0.272 e. The highest BCUT2D eigenvalue weighted by Gasteiger charge is 2.32. The summed E-state index contributed by atoms with van der Waals surface area (Å²) in [6.45, 7) is 2.30. The molecule has 0 aliphatic carbocycles. The van der Waals surface area contributed by atoms with Crippen molar-refractivity contribution < 1.29 is 13.2 Å². The van der Waals surface area contributed by atoms with Crippen LogP contribution in [0.2, 0.25) is 0 Å². The molecule has 0 bridgehead atoms. The summed E-state index contributed by atoms with van der Waals surface area (Å²) < 4.78 is 25.7. The van der Waals surface area contributed by atoms with E-state index >= 15 is 0 Å². The lowest BCUT2D eigenvalue weighted by Crippen LogP contribution is -2.24. The van der Waals surface area contributed by atoms with Gasteiger partial charge in [0.15, 0.2) is 15.5 Å². The van der Waals surface area contributed by atoms with Crippen molar-refractivity contribution in [2.24, 2.45) is 0 Å². The van der Waals surface area contributed by atoms with Gasteiger partial charge in [-0.15, -0.1) is 0 Å². The fourth-order valence-corrected chi connectivity index (χ4v) is 5.15. The van der Waals surface area contributed by atoms with Crippen molar-refractivity contribution in [1.29, 1.82) is 0 Å². The number of nitrogens with one attached hydrogen (secondary N) is 1. The number of hydrogen-bond acceptors (Lipinski definition) is 5. The lowest BCUT2D eigenvalue weighted by atomic mass is 10.1. The number of rotatable bonds is 5. The Labute approximate surface area is 169 Å². The Morgan fingerprint density at radius 3 is 2.66 bits per heavy atom. The number of carbonyl (C=O) groups is 1. The molecular formula is C21H22N4O3S. The fraction of sp³-hybridized carbons (Fsp3) is 0.286. The second kappa shape index (κ2) is 7.79. The molecule has 1 N–H and O–H groups in total. The van der Waals surface area contributed by atoms with Gasteiger partial charge < -0.3 is 5.32 Å². The Morgan fingerprint density at radius 1 is 1.21 bits per heavy atom. The maximum atomic E-state index is 12.7. The van der Waals surface area contributed by atoms with Gasteiger partial charge >= 0.3 is 0 Å². The van der Waals surface area contributed by atoms with Crippen LogP contribution in [0.4, 0.5) is 0 Å². The van der Waals surface area contributed by atoms with Crippen molar-refractivity contribution in [3.05, 3.63) is 71.7 Å². The van der Waals surface area contributed by atoms with E-state index in [1.54, 1.807) is 16.9 Å². The van der Waals surface area contributed by atoms with E-state index in [-0.39, 0.29) is 29.1 Å². The van der Waals surface area contributed by atoms with Crippen LogP contribution in [0.3, 0.4) is 0 Å². The third-order valence-corrected chi connectivity index (χ3v) is 6.78. The summed E-state index contributed by atoms with van der Waals surface area (Å²) in [7, 11) is -3.08. The highest BCUT2D eigenvalue weighted by Crippen LogP contribution is 2.30. The van der Waals surface area contributed by atoms with Gasteiger partial charge in [-0.05, 0) is 37.1 Å². The fourth-order valence-electron chi connectivity index (χ4n) is 3.46. The van der Waals surface area contributed by atoms with E-state index in [2.05, 4.69) is 15.4 Å². The first-order valence-electron chi connectivity index (χ1n) is 9.46. The number of carbonyl (C=O) groups excluding carboxylic acids is 1. The maximum absolute atomic E-state index is 12.7. The average Bonchev–Trinajstić information content (AvgIpc) is 3.31. The smallest absolute Gasteiger partial charge is 0.272 e. The van der Waals surface area contributed by atoms with Crippen molar-refractivity contribution in [1.82, 2.24) is 20.1 Å². The van der Waals surface area contributed by atoms with Crippen LogP contribution >= 0.6 is 0 Å². The molecule has 3 aromatic rings. The lowest BCUT2D eigenvalue weighted by molar-refractivity contribution is 0.0944. The van der Waals surface area contributed by atoms with Gasteiger partial charge in [0.05, 0.1) is 35.5 Å². The average molecular weight is 410 g/mol. The molecule has 1 amide bonds. The van der Waals surface area contributed by atoms with E-state index < -0.39 is 9.84 Å². The van der Waals surface area contributed by atoms with Gasteiger partial charge in [-0.1, -0.05) is 35.9 Å². The first-order chi connectivity index (χ1) is 13.9. The molecule has 4 rings (SSSR count). The van der Waals surface area contributed by atoms with E-state index in [1.165, 1.54) is 0 Å². The quantitative estimate of drug-likeness (QED) is 0.698. The molecule has 8 heteroatoms. The first-order valence-corrected chi connectivity index (χ1v) is 11.3. The molecule has 29 heavy (non-hydrogen) atoms. The van der Waals surface area contributed by atoms with Crippen molar-refractivity contribution >= 4 is 15.7 Å². The molecule has 3 heterocycles. The van der Waals surface area contributed by atoms with Crippen molar-refractivity contribution in [3.8, 4) is 11.3 Å². The lowest BCUT2D eigenvalue weighted by Gasteiger charge is -2.13. The van der Waals surface area contributed by atoms with E-state index in [1.807, 2.05) is 49.4 Å². The summed E-state index contributed by atoms with van der Waals surface area (Å²) in [6, 6.07) is 14.9. The largest absolute Gasteiger partial charge is 0.345 e. The summed E-state index contributed by atoms with van der Waals surface area (Å²) in [5.74, 6) is -0.127. The van der Waals surface area contributed by atoms with Gasteiger partial charge in [0.1, 0.15) is 0 Å². The van der Waals surface area contributed by atoms with Crippen LogP contribution in [-0.4, -0.2) is 40.6 Å². The van der Waals surface area contributed by atoms with Crippen LogP contribution in [0, 0.1) is 6.92 Å². The molecule has 1 aliphatic heterocycles. The molecule has 1 saturated heterocycles. The zero-order valence-electron chi connectivity index (χ0n) is 16.1. The van der Waals surface area contributed by atoms with Crippen LogP contribution in [-0.2, 0) is 16.4 Å². The Kier molecular flexibility index (Phi) is 5.19. The third kappa shape index (κ3) is 4.37. The van der Waals surface area contributed by atoms with Crippen LogP contribution in [0.25, 0.3) is 11.3 Å². The van der Waals surface area contributed by atoms with Gasteiger partial charge in [0, 0.05) is 6.20 Å². The van der Waals surface area contributed by atoms with Gasteiger partial charge in [-0.3, -0.25) is 14.5 Å². The highest BCUT2D eigenvalue weighted by molar-refractivity contribution is 7.91. The van der Waals surface area contributed by atoms with Crippen molar-refractivity contribution in [3.63, 3.8) is 0 Å². The molecule has 1 aromatic carbocycles. The number of hydrogen-bond donors (Lipinski definition) is 1. The Bertz CT molecular complexity index is 1120. The first kappa shape index (κ1) is 19.3. The molecule has 0 saturated carbocycles. The van der Waals surface area contributed by atoms with E-state index in [9.17, 15) is 13.2 Å². The second-order valence-electron chi connectivity index (χ2n) is 7.29. The normalized spacial score (nSPS) is 17.9. The predicted octanol–water partition coefficient (Wildman–Crippen LogP) is 2.54. The van der Waals surface area contributed by atoms with Crippen molar-refractivity contribution in [2.75, 3.05) is 11.5 Å². The Balaban J connectivity index is 1.63. The second-order valence-corrected chi connectivity index (χ2v) is 9.51. The summed E-state index contributed by atoms with van der Waals surface area (Å²) in [5, 5.41) is 7.32. The van der Waals surface area contributed by atoms with Crippen molar-refractivity contribution in [2.45, 2.75) is 25.9 Å². The minimum Gasteiger partial charge on any atom is -0.345 e. The molecular weight excluding hydrogens is 388 g/mol. The third-order valence-electron chi connectivity index (χ3n) is 5.03. The Morgan fingerprint density at radius 2 is 2.00 bits per heavy atom. The summed E-state index contributed by atoms with van der Waals surface area (Å²) in [5.41, 5.74) is 3.78. The molecule has 7 nitrogen and oxygen atoms in total. The zero-order valence-corrected chi connectivity index (χ0v) is 16.9. The zero-order chi connectivity index (χ0) is 20.4. The number of amides is 1. The Hall–Kier alpha value is -3.00. The number of pyridine rings is 1. The molecule has 1 atom stereocenters. The number of nitrogens with zero attached hydrogens (tertiary/aromatic N) is 3.